The van der Waals surface area contributed by atoms with Gasteiger partial charge in [-0.2, -0.15) is 0 Å². The number of fused-ring (bicyclic) bond motifs is 1. The summed E-state index contributed by atoms with van der Waals surface area (Å²) in [5.41, 5.74) is 1.43. The summed E-state index contributed by atoms with van der Waals surface area (Å²) >= 11 is 0. The van der Waals surface area contributed by atoms with Gasteiger partial charge in [-0.05, 0) is 17.9 Å². The van der Waals surface area contributed by atoms with Crippen molar-refractivity contribution >= 4 is 0 Å². The highest BCUT2D eigenvalue weighted by molar-refractivity contribution is 5.39. The zero-order chi connectivity index (χ0) is 11.1. The van der Waals surface area contributed by atoms with Crippen LogP contribution in [-0.2, 0) is 5.41 Å². The van der Waals surface area contributed by atoms with Crippen LogP contribution in [0.15, 0.2) is 18.3 Å². The number of hydrogen-bond donors (Lipinski definition) is 0. The largest absolute Gasteiger partial charge is 0.476 e. The highest BCUT2D eigenvalue weighted by Crippen LogP contribution is 2.47. The van der Waals surface area contributed by atoms with E-state index in [1.165, 1.54) is 5.56 Å². The zero-order valence-electron chi connectivity index (χ0n) is 9.95. The molecule has 0 N–H and O–H groups in total. The van der Waals surface area contributed by atoms with E-state index >= 15 is 0 Å². The summed E-state index contributed by atoms with van der Waals surface area (Å²) in [5, 5.41) is 0. The Morgan fingerprint density at radius 3 is 2.53 bits per heavy atom. The Kier molecular flexibility index (Phi) is 2.45. The van der Waals surface area contributed by atoms with Crippen molar-refractivity contribution in [1.29, 1.82) is 0 Å². The van der Waals surface area contributed by atoms with Crippen LogP contribution in [-0.4, -0.2) is 11.6 Å². The molecule has 1 aliphatic rings. The molecule has 0 aromatic carbocycles. The Balaban J connectivity index is 2.54. The molecule has 0 atom stereocenters. The molecule has 0 saturated heterocycles. The monoisotopic (exact) mass is 205 g/mol. The molecule has 2 nitrogen and oxygen atoms in total. The van der Waals surface area contributed by atoms with Crippen molar-refractivity contribution in [2.75, 3.05) is 6.61 Å². The molecule has 0 spiro atoms. The van der Waals surface area contributed by atoms with E-state index in [9.17, 15) is 0 Å². The first kappa shape index (κ1) is 10.5. The quantitative estimate of drug-likeness (QED) is 0.740. The van der Waals surface area contributed by atoms with Crippen LogP contribution in [0.2, 0.25) is 0 Å². The Labute approximate surface area is 91.7 Å². The predicted octanol–water partition coefficient (Wildman–Crippen LogP) is 3.02. The molecule has 0 radical (unpaired) electrons. The molecule has 1 aromatic rings. The van der Waals surface area contributed by atoms with E-state index in [0.29, 0.717) is 11.8 Å². The van der Waals surface area contributed by atoms with Crippen molar-refractivity contribution < 1.29 is 4.74 Å². The van der Waals surface area contributed by atoms with Crippen LogP contribution in [0.25, 0.3) is 0 Å². The second-order valence-corrected chi connectivity index (χ2v) is 4.99. The van der Waals surface area contributed by atoms with E-state index in [2.05, 4.69) is 38.7 Å². The van der Waals surface area contributed by atoms with E-state index in [-0.39, 0.29) is 5.41 Å². The maximum Gasteiger partial charge on any atom is 0.217 e. The fourth-order valence-electron chi connectivity index (χ4n) is 2.75. The molecule has 1 aromatic heterocycles. The molecule has 2 rings (SSSR count). The number of hydrogen-bond acceptors (Lipinski definition) is 2. The molecule has 2 heteroatoms. The summed E-state index contributed by atoms with van der Waals surface area (Å²) in [6, 6.07) is 4.17. The van der Waals surface area contributed by atoms with Gasteiger partial charge < -0.3 is 4.74 Å². The standard InChI is InChI=1S/C13H19NO/c1-9(2)13(10(3)4)8-15-12-11(13)6-5-7-14-12/h5-7,9-10H,8H2,1-4H3. The minimum absolute atomic E-state index is 0.142. The van der Waals surface area contributed by atoms with E-state index in [1.54, 1.807) is 6.20 Å². The van der Waals surface area contributed by atoms with Crippen LogP contribution in [0.1, 0.15) is 33.3 Å². The van der Waals surface area contributed by atoms with Crippen molar-refractivity contribution in [2.24, 2.45) is 11.8 Å². The van der Waals surface area contributed by atoms with Crippen molar-refractivity contribution in [3.05, 3.63) is 23.9 Å². The fourth-order valence-corrected chi connectivity index (χ4v) is 2.75. The number of pyridine rings is 1. The summed E-state index contributed by atoms with van der Waals surface area (Å²) in [4.78, 5) is 4.30. The van der Waals surface area contributed by atoms with Crippen LogP contribution in [0.3, 0.4) is 0 Å². The van der Waals surface area contributed by atoms with Gasteiger partial charge in [0, 0.05) is 17.2 Å². The van der Waals surface area contributed by atoms with E-state index in [1.807, 2.05) is 6.07 Å². The van der Waals surface area contributed by atoms with E-state index in [4.69, 9.17) is 4.74 Å². The van der Waals surface area contributed by atoms with Crippen molar-refractivity contribution in [3.63, 3.8) is 0 Å². The lowest BCUT2D eigenvalue weighted by atomic mass is 9.66. The first-order valence-electron chi connectivity index (χ1n) is 5.67. The van der Waals surface area contributed by atoms with Crippen LogP contribution < -0.4 is 4.74 Å². The fraction of sp³-hybridized carbons (Fsp3) is 0.615. The van der Waals surface area contributed by atoms with E-state index < -0.39 is 0 Å². The van der Waals surface area contributed by atoms with Gasteiger partial charge in [0.15, 0.2) is 0 Å². The van der Waals surface area contributed by atoms with Crippen LogP contribution in [0, 0.1) is 11.8 Å². The first-order valence-corrected chi connectivity index (χ1v) is 5.67. The topological polar surface area (TPSA) is 22.1 Å². The molecule has 2 heterocycles. The van der Waals surface area contributed by atoms with Gasteiger partial charge in [-0.1, -0.05) is 33.8 Å². The maximum atomic E-state index is 5.73. The highest BCUT2D eigenvalue weighted by Gasteiger charge is 2.46. The van der Waals surface area contributed by atoms with Crippen molar-refractivity contribution in [2.45, 2.75) is 33.1 Å². The number of ether oxygens (including phenoxy) is 1. The third-order valence-corrected chi connectivity index (χ3v) is 3.78. The smallest absolute Gasteiger partial charge is 0.217 e. The predicted molar refractivity (Wildman–Crippen MR) is 61.1 cm³/mol. The highest BCUT2D eigenvalue weighted by atomic mass is 16.5. The minimum Gasteiger partial charge on any atom is -0.476 e. The van der Waals surface area contributed by atoms with Gasteiger partial charge in [0.2, 0.25) is 5.88 Å². The van der Waals surface area contributed by atoms with Gasteiger partial charge in [-0.25, -0.2) is 4.98 Å². The third kappa shape index (κ3) is 1.35. The number of nitrogens with zero attached hydrogens (tertiary/aromatic N) is 1. The average molecular weight is 205 g/mol. The zero-order valence-corrected chi connectivity index (χ0v) is 9.95. The second kappa shape index (κ2) is 3.51. The molecule has 0 amide bonds. The Morgan fingerprint density at radius 1 is 1.27 bits per heavy atom. The first-order chi connectivity index (χ1) is 7.09. The van der Waals surface area contributed by atoms with Crippen LogP contribution in [0.4, 0.5) is 0 Å². The summed E-state index contributed by atoms with van der Waals surface area (Å²) < 4.78 is 5.73. The van der Waals surface area contributed by atoms with Gasteiger partial charge in [0.05, 0.1) is 0 Å². The van der Waals surface area contributed by atoms with Gasteiger partial charge >= 0.3 is 0 Å². The average Bonchev–Trinajstić information content (AvgIpc) is 2.57. The molecule has 0 unspecified atom stereocenters. The molecular formula is C13H19NO. The van der Waals surface area contributed by atoms with Gasteiger partial charge in [-0.3, -0.25) is 0 Å². The summed E-state index contributed by atoms with van der Waals surface area (Å²) in [7, 11) is 0. The summed E-state index contributed by atoms with van der Waals surface area (Å²) in [6.07, 6.45) is 1.80. The van der Waals surface area contributed by atoms with E-state index in [0.717, 1.165) is 12.5 Å². The SMILES string of the molecule is CC(C)C1(C(C)C)COc2ncccc21. The van der Waals surface area contributed by atoms with Gasteiger partial charge in [0.25, 0.3) is 0 Å². The Bertz CT molecular complexity index is 349. The molecule has 0 fully saturated rings. The van der Waals surface area contributed by atoms with Crippen LogP contribution >= 0.6 is 0 Å². The third-order valence-electron chi connectivity index (χ3n) is 3.78. The molecule has 0 bridgehead atoms. The summed E-state index contributed by atoms with van der Waals surface area (Å²) in [6.45, 7) is 9.85. The molecular weight excluding hydrogens is 186 g/mol. The Morgan fingerprint density at radius 2 is 1.93 bits per heavy atom. The van der Waals surface area contributed by atoms with Gasteiger partial charge in [0.1, 0.15) is 6.61 Å². The second-order valence-electron chi connectivity index (χ2n) is 4.99. The summed E-state index contributed by atoms with van der Waals surface area (Å²) in [5.74, 6) is 1.98. The lowest BCUT2D eigenvalue weighted by molar-refractivity contribution is 0.159. The normalized spacial score (nSPS) is 18.0. The molecule has 82 valence electrons. The lowest BCUT2D eigenvalue weighted by Gasteiger charge is -2.36. The van der Waals surface area contributed by atoms with Crippen molar-refractivity contribution in [3.8, 4) is 5.88 Å². The minimum atomic E-state index is 0.142. The molecule has 0 saturated carbocycles. The molecule has 15 heavy (non-hydrogen) atoms. The lowest BCUT2D eigenvalue weighted by Crippen LogP contribution is -2.39. The number of aromatic nitrogens is 1. The molecule has 0 aliphatic carbocycles. The molecule has 1 aliphatic heterocycles. The maximum absolute atomic E-state index is 5.73. The number of rotatable bonds is 2. The Hall–Kier alpha value is -1.05. The van der Waals surface area contributed by atoms with Gasteiger partial charge in [-0.15, -0.1) is 0 Å². The van der Waals surface area contributed by atoms with Crippen molar-refractivity contribution in [1.82, 2.24) is 4.98 Å². The van der Waals surface area contributed by atoms with Crippen LogP contribution in [0.5, 0.6) is 5.88 Å².